The molecular formula is C5H13N3O2S. The van der Waals surface area contributed by atoms with Crippen molar-refractivity contribution in [3.63, 3.8) is 0 Å². The second-order valence-corrected chi connectivity index (χ2v) is 4.05. The lowest BCUT2D eigenvalue weighted by atomic mass is 10.6. The first-order valence-electron chi connectivity index (χ1n) is 3.59. The minimum atomic E-state index is -3.49. The summed E-state index contributed by atoms with van der Waals surface area (Å²) in [5.41, 5.74) is 0. The molecule has 0 aliphatic heterocycles. The molecule has 0 radical (unpaired) electrons. The van der Waals surface area contributed by atoms with Crippen LogP contribution in [0, 0.1) is 0 Å². The molecule has 0 bridgehead atoms. The van der Waals surface area contributed by atoms with Crippen molar-refractivity contribution in [1.82, 2.24) is 10.0 Å². The molecule has 0 spiro atoms. The molecule has 0 unspecified atom stereocenters. The summed E-state index contributed by atoms with van der Waals surface area (Å²) < 4.78 is 22.9. The van der Waals surface area contributed by atoms with Crippen molar-refractivity contribution in [1.29, 1.82) is 0 Å². The van der Waals surface area contributed by atoms with Crippen LogP contribution in [0.2, 0.25) is 0 Å². The Morgan fingerprint density at radius 1 is 1.36 bits per heavy atom. The van der Waals surface area contributed by atoms with Gasteiger partial charge in [0.1, 0.15) is 0 Å². The molecule has 0 atom stereocenters. The number of hydrogen-bond donors (Lipinski definition) is 3. The third-order valence-corrected chi connectivity index (χ3v) is 2.05. The third kappa shape index (κ3) is 5.14. The predicted molar refractivity (Wildman–Crippen MR) is 42.1 cm³/mol. The van der Waals surface area contributed by atoms with Crippen LogP contribution in [0.25, 0.3) is 0 Å². The quantitative estimate of drug-likeness (QED) is 0.451. The van der Waals surface area contributed by atoms with Crippen LogP contribution in [0.4, 0.5) is 0 Å². The summed E-state index contributed by atoms with van der Waals surface area (Å²) in [6.45, 7) is 1.02. The molecule has 4 N–H and O–H groups in total. The van der Waals surface area contributed by atoms with Crippen LogP contribution < -0.4 is 15.2 Å². The van der Waals surface area contributed by atoms with E-state index < -0.39 is 10.2 Å². The topological polar surface area (TPSA) is 84.2 Å². The first-order chi connectivity index (χ1) is 5.08. The van der Waals surface area contributed by atoms with Gasteiger partial charge in [-0.05, 0) is 12.8 Å². The van der Waals surface area contributed by atoms with E-state index in [2.05, 4.69) is 10.0 Å². The first-order valence-corrected chi connectivity index (χ1v) is 5.13. The Bertz CT molecular complexity index is 210. The molecule has 1 fully saturated rings. The lowest BCUT2D eigenvalue weighted by Gasteiger charge is -2.02. The zero-order valence-corrected chi connectivity index (χ0v) is 7.02. The fourth-order valence-electron chi connectivity index (χ4n) is 0.757. The second kappa shape index (κ2) is 3.48. The van der Waals surface area contributed by atoms with Crippen LogP contribution in [-0.2, 0) is 10.2 Å². The minimum absolute atomic E-state index is 0.370. The maximum atomic E-state index is 10.3. The molecule has 5 nitrogen and oxygen atoms in total. The fraction of sp³-hybridized carbons (Fsp3) is 1.00. The van der Waals surface area contributed by atoms with Crippen molar-refractivity contribution < 1.29 is 8.42 Å². The van der Waals surface area contributed by atoms with E-state index in [0.717, 1.165) is 0 Å². The molecular weight excluding hydrogens is 166 g/mol. The molecule has 6 heteroatoms. The van der Waals surface area contributed by atoms with Crippen LogP contribution in [0.3, 0.4) is 0 Å². The van der Waals surface area contributed by atoms with Crippen LogP contribution in [0.1, 0.15) is 12.8 Å². The maximum absolute atomic E-state index is 10.3. The SMILES string of the molecule is NS(=O)(=O)NCCNC1CC1. The van der Waals surface area contributed by atoms with Crippen molar-refractivity contribution in [3.05, 3.63) is 0 Å². The van der Waals surface area contributed by atoms with E-state index in [1.807, 2.05) is 0 Å². The van der Waals surface area contributed by atoms with Crippen molar-refractivity contribution in [2.75, 3.05) is 13.1 Å². The van der Waals surface area contributed by atoms with E-state index in [-0.39, 0.29) is 0 Å². The van der Waals surface area contributed by atoms with Gasteiger partial charge in [-0.25, -0.2) is 9.86 Å². The molecule has 0 aromatic rings. The van der Waals surface area contributed by atoms with Gasteiger partial charge in [0, 0.05) is 19.1 Å². The number of nitrogens with one attached hydrogen (secondary N) is 2. The van der Waals surface area contributed by atoms with E-state index in [4.69, 9.17) is 5.14 Å². The average Bonchev–Trinajstić information content (AvgIpc) is 2.60. The highest BCUT2D eigenvalue weighted by molar-refractivity contribution is 7.87. The fourth-order valence-corrected chi connectivity index (χ4v) is 1.14. The highest BCUT2D eigenvalue weighted by atomic mass is 32.2. The molecule has 0 aromatic carbocycles. The Labute approximate surface area is 66.5 Å². The molecule has 1 rings (SSSR count). The predicted octanol–water partition coefficient (Wildman–Crippen LogP) is -1.47. The highest BCUT2D eigenvalue weighted by Gasteiger charge is 2.19. The van der Waals surface area contributed by atoms with Gasteiger partial charge in [-0.1, -0.05) is 0 Å². The Kier molecular flexibility index (Phi) is 2.83. The van der Waals surface area contributed by atoms with Crippen molar-refractivity contribution in [2.24, 2.45) is 5.14 Å². The van der Waals surface area contributed by atoms with Gasteiger partial charge in [-0.3, -0.25) is 0 Å². The first kappa shape index (κ1) is 8.92. The van der Waals surface area contributed by atoms with Crippen molar-refractivity contribution >= 4 is 10.2 Å². The molecule has 0 saturated heterocycles. The highest BCUT2D eigenvalue weighted by Crippen LogP contribution is 2.17. The average molecular weight is 179 g/mol. The number of nitrogens with two attached hydrogens (primary N) is 1. The molecule has 1 saturated carbocycles. The summed E-state index contributed by atoms with van der Waals surface area (Å²) in [7, 11) is -3.49. The van der Waals surface area contributed by atoms with E-state index in [1.165, 1.54) is 12.8 Å². The summed E-state index contributed by atoms with van der Waals surface area (Å²) in [5.74, 6) is 0. The van der Waals surface area contributed by atoms with Gasteiger partial charge in [0.15, 0.2) is 0 Å². The van der Waals surface area contributed by atoms with Crippen LogP contribution in [-0.4, -0.2) is 27.5 Å². The second-order valence-electron chi connectivity index (χ2n) is 2.67. The minimum Gasteiger partial charge on any atom is -0.313 e. The van der Waals surface area contributed by atoms with Gasteiger partial charge in [0.05, 0.1) is 0 Å². The number of hydrogen-bond acceptors (Lipinski definition) is 3. The van der Waals surface area contributed by atoms with Gasteiger partial charge in [0.25, 0.3) is 10.2 Å². The molecule has 11 heavy (non-hydrogen) atoms. The van der Waals surface area contributed by atoms with Crippen LogP contribution >= 0.6 is 0 Å². The zero-order chi connectivity index (χ0) is 8.32. The Hall–Kier alpha value is -0.170. The van der Waals surface area contributed by atoms with E-state index in [0.29, 0.717) is 19.1 Å². The monoisotopic (exact) mass is 179 g/mol. The molecule has 66 valence electrons. The van der Waals surface area contributed by atoms with E-state index in [9.17, 15) is 8.42 Å². The number of rotatable bonds is 5. The standard InChI is InChI=1S/C5H13N3O2S/c6-11(9,10)8-4-3-7-5-1-2-5/h5,7-8H,1-4H2,(H2,6,9,10). The Morgan fingerprint density at radius 3 is 2.45 bits per heavy atom. The van der Waals surface area contributed by atoms with E-state index in [1.54, 1.807) is 0 Å². The molecule has 0 amide bonds. The lowest BCUT2D eigenvalue weighted by molar-refractivity contribution is 0.577. The Balaban J connectivity index is 1.95. The van der Waals surface area contributed by atoms with Crippen molar-refractivity contribution in [2.45, 2.75) is 18.9 Å². The maximum Gasteiger partial charge on any atom is 0.274 e. The summed E-state index contributed by atoms with van der Waals surface area (Å²) in [6, 6.07) is 0.609. The van der Waals surface area contributed by atoms with E-state index >= 15 is 0 Å². The van der Waals surface area contributed by atoms with Gasteiger partial charge in [-0.2, -0.15) is 8.42 Å². The van der Waals surface area contributed by atoms with Gasteiger partial charge in [-0.15, -0.1) is 0 Å². The van der Waals surface area contributed by atoms with Gasteiger partial charge < -0.3 is 5.32 Å². The van der Waals surface area contributed by atoms with Crippen molar-refractivity contribution in [3.8, 4) is 0 Å². The summed E-state index contributed by atoms with van der Waals surface area (Å²) in [5, 5.41) is 7.85. The van der Waals surface area contributed by atoms with Crippen LogP contribution in [0.5, 0.6) is 0 Å². The molecule has 1 aliphatic rings. The smallest absolute Gasteiger partial charge is 0.274 e. The largest absolute Gasteiger partial charge is 0.313 e. The lowest BCUT2D eigenvalue weighted by Crippen LogP contribution is -2.36. The van der Waals surface area contributed by atoms with Gasteiger partial charge >= 0.3 is 0 Å². The molecule has 0 aromatic heterocycles. The Morgan fingerprint density at radius 2 is 2.00 bits per heavy atom. The summed E-state index contributed by atoms with van der Waals surface area (Å²) in [4.78, 5) is 0. The third-order valence-electron chi connectivity index (χ3n) is 1.44. The summed E-state index contributed by atoms with van der Waals surface area (Å²) in [6.07, 6.45) is 2.41. The summed E-state index contributed by atoms with van der Waals surface area (Å²) >= 11 is 0. The van der Waals surface area contributed by atoms with Gasteiger partial charge in [0.2, 0.25) is 0 Å². The zero-order valence-electron chi connectivity index (χ0n) is 6.21. The molecule has 0 heterocycles. The molecule has 1 aliphatic carbocycles. The van der Waals surface area contributed by atoms with Crippen LogP contribution in [0.15, 0.2) is 0 Å². The normalized spacial score (nSPS) is 18.6.